The minimum atomic E-state index is -0.279. The van der Waals surface area contributed by atoms with Gasteiger partial charge in [-0.2, -0.15) is 0 Å². The van der Waals surface area contributed by atoms with Crippen molar-refractivity contribution in [3.05, 3.63) is 0 Å². The van der Waals surface area contributed by atoms with E-state index in [0.717, 1.165) is 31.8 Å². The average molecular weight is 391 g/mol. The molecule has 0 saturated carbocycles. The van der Waals surface area contributed by atoms with Gasteiger partial charge in [-0.25, -0.2) is 0 Å². The number of methoxy groups -OCH3 is 2. The summed E-state index contributed by atoms with van der Waals surface area (Å²) >= 11 is 1.30. The molecule has 0 radical (unpaired) electrons. The molecule has 0 aromatic carbocycles. The number of carbonyl (C=O) groups excluding carboxylic acids is 3. The Kier molecular flexibility index (Phi) is 15.2. The monoisotopic (exact) mass is 390 g/mol. The first-order chi connectivity index (χ1) is 12.5. The molecule has 0 unspecified atom stereocenters. The van der Waals surface area contributed by atoms with Gasteiger partial charge in [0.05, 0.1) is 14.2 Å². The summed E-state index contributed by atoms with van der Waals surface area (Å²) in [5.41, 5.74) is 0. The van der Waals surface area contributed by atoms with Crippen LogP contribution in [0.2, 0.25) is 0 Å². The summed E-state index contributed by atoms with van der Waals surface area (Å²) in [4.78, 5) is 39.0. The molecule has 0 aliphatic heterocycles. The summed E-state index contributed by atoms with van der Waals surface area (Å²) in [6.45, 7) is 8.25. The van der Waals surface area contributed by atoms with Gasteiger partial charge in [-0.1, -0.05) is 25.6 Å². The van der Waals surface area contributed by atoms with Crippen molar-refractivity contribution in [1.82, 2.24) is 9.80 Å². The minimum Gasteiger partial charge on any atom is -0.469 e. The topological polar surface area (TPSA) is 76.2 Å². The maximum absolute atomic E-state index is 12.5. The highest BCUT2D eigenvalue weighted by molar-refractivity contribution is 8.13. The molecule has 26 heavy (non-hydrogen) atoms. The highest BCUT2D eigenvalue weighted by Gasteiger charge is 2.15. The number of thioether (sulfide) groups is 1. The molecule has 0 saturated heterocycles. The van der Waals surface area contributed by atoms with Crippen LogP contribution in [-0.4, -0.2) is 79.7 Å². The lowest BCUT2D eigenvalue weighted by Gasteiger charge is -2.22. The van der Waals surface area contributed by atoms with Gasteiger partial charge in [-0.15, -0.1) is 0 Å². The lowest BCUT2D eigenvalue weighted by atomic mass is 10.2. The van der Waals surface area contributed by atoms with E-state index in [2.05, 4.69) is 28.2 Å². The maximum atomic E-state index is 12.5. The predicted octanol–water partition coefficient (Wildman–Crippen LogP) is 2.78. The van der Waals surface area contributed by atoms with Crippen LogP contribution in [0.3, 0.4) is 0 Å². The van der Waals surface area contributed by atoms with E-state index in [0.29, 0.717) is 25.9 Å². The summed E-state index contributed by atoms with van der Waals surface area (Å²) in [6.07, 6.45) is 2.62. The smallest absolute Gasteiger partial charge is 0.305 e. The van der Waals surface area contributed by atoms with Crippen molar-refractivity contribution in [3.63, 3.8) is 0 Å². The molecule has 0 aliphatic carbocycles. The minimum absolute atomic E-state index is 0.000668. The fraction of sp³-hybridized carbons (Fsp3) is 0.833. The molecular formula is C18H34N2O5S. The molecule has 0 atom stereocenters. The Morgan fingerprint density at radius 1 is 0.808 bits per heavy atom. The van der Waals surface area contributed by atoms with Crippen LogP contribution in [0.5, 0.6) is 0 Å². The van der Waals surface area contributed by atoms with Crippen LogP contribution in [0, 0.1) is 0 Å². The fourth-order valence-electron chi connectivity index (χ4n) is 2.41. The SMILES string of the molecule is CCN(CC)CCCSC(=O)N(CCCC(=O)OC)CCCC(=O)OC. The highest BCUT2D eigenvalue weighted by Crippen LogP contribution is 2.13. The van der Waals surface area contributed by atoms with Crippen LogP contribution >= 0.6 is 11.8 Å². The number of amides is 1. The van der Waals surface area contributed by atoms with Gasteiger partial charge >= 0.3 is 11.9 Å². The zero-order chi connectivity index (χ0) is 19.8. The first-order valence-corrected chi connectivity index (χ1v) is 10.2. The third-order valence-corrected chi connectivity index (χ3v) is 5.07. The van der Waals surface area contributed by atoms with Crippen LogP contribution in [0.15, 0.2) is 0 Å². The van der Waals surface area contributed by atoms with Crippen LogP contribution in [0.25, 0.3) is 0 Å². The Balaban J connectivity index is 4.33. The molecule has 0 fully saturated rings. The molecule has 0 N–H and O–H groups in total. The molecule has 0 heterocycles. The van der Waals surface area contributed by atoms with Crippen molar-refractivity contribution in [1.29, 1.82) is 0 Å². The van der Waals surface area contributed by atoms with Crippen LogP contribution in [0.1, 0.15) is 46.0 Å². The zero-order valence-electron chi connectivity index (χ0n) is 16.6. The first-order valence-electron chi connectivity index (χ1n) is 9.26. The second kappa shape index (κ2) is 15.9. The van der Waals surface area contributed by atoms with Gasteiger partial charge in [-0.3, -0.25) is 14.4 Å². The molecule has 7 nitrogen and oxygen atoms in total. The van der Waals surface area contributed by atoms with Crippen molar-refractivity contribution in [2.24, 2.45) is 0 Å². The third kappa shape index (κ3) is 12.1. The number of ether oxygens (including phenoxy) is 2. The second-order valence-electron chi connectivity index (χ2n) is 5.84. The van der Waals surface area contributed by atoms with Crippen molar-refractivity contribution in [2.75, 3.05) is 52.7 Å². The van der Waals surface area contributed by atoms with Gasteiger partial charge in [0.15, 0.2) is 0 Å². The molecular weight excluding hydrogens is 356 g/mol. The van der Waals surface area contributed by atoms with Gasteiger partial charge in [0.1, 0.15) is 0 Å². The van der Waals surface area contributed by atoms with Crippen molar-refractivity contribution in [2.45, 2.75) is 46.0 Å². The van der Waals surface area contributed by atoms with E-state index in [9.17, 15) is 14.4 Å². The number of esters is 2. The third-order valence-electron chi connectivity index (χ3n) is 4.07. The first kappa shape index (κ1) is 24.7. The van der Waals surface area contributed by atoms with E-state index < -0.39 is 0 Å². The second-order valence-corrected chi connectivity index (χ2v) is 6.89. The largest absolute Gasteiger partial charge is 0.469 e. The fourth-order valence-corrected chi connectivity index (χ4v) is 3.22. The quantitative estimate of drug-likeness (QED) is 0.333. The molecule has 0 aromatic heterocycles. The zero-order valence-corrected chi connectivity index (χ0v) is 17.4. The lowest BCUT2D eigenvalue weighted by molar-refractivity contribution is -0.141. The lowest BCUT2D eigenvalue weighted by Crippen LogP contribution is -2.31. The molecule has 1 amide bonds. The van der Waals surface area contributed by atoms with Gasteiger partial charge in [0.25, 0.3) is 5.24 Å². The summed E-state index contributed by atoms with van der Waals surface area (Å²) in [7, 11) is 2.71. The Labute approximate surface area is 161 Å². The molecule has 0 bridgehead atoms. The van der Waals surface area contributed by atoms with E-state index >= 15 is 0 Å². The van der Waals surface area contributed by atoms with Crippen LogP contribution in [0.4, 0.5) is 4.79 Å². The Morgan fingerprint density at radius 3 is 1.73 bits per heavy atom. The molecule has 0 aliphatic rings. The average Bonchev–Trinajstić information content (AvgIpc) is 2.66. The van der Waals surface area contributed by atoms with Gasteiger partial charge in [-0.05, 0) is 38.9 Å². The van der Waals surface area contributed by atoms with Crippen LogP contribution in [-0.2, 0) is 19.1 Å². The van der Waals surface area contributed by atoms with E-state index in [1.54, 1.807) is 4.90 Å². The summed E-state index contributed by atoms with van der Waals surface area (Å²) in [6, 6.07) is 0. The molecule has 152 valence electrons. The van der Waals surface area contributed by atoms with Crippen LogP contribution < -0.4 is 0 Å². The standard InChI is InChI=1S/C18H34N2O5S/c1-5-19(6-2)12-9-15-26-18(23)20(13-7-10-16(21)24-3)14-8-11-17(22)25-4/h5-15H2,1-4H3. The molecule has 8 heteroatoms. The number of carbonyl (C=O) groups is 3. The Hall–Kier alpha value is -1.28. The Bertz CT molecular complexity index is 394. The Morgan fingerprint density at radius 2 is 1.31 bits per heavy atom. The number of hydrogen-bond acceptors (Lipinski definition) is 7. The van der Waals surface area contributed by atoms with E-state index in [1.165, 1.54) is 26.0 Å². The van der Waals surface area contributed by atoms with Gasteiger partial charge in [0, 0.05) is 31.7 Å². The summed E-state index contributed by atoms with van der Waals surface area (Å²) < 4.78 is 9.26. The normalized spacial score (nSPS) is 10.7. The van der Waals surface area contributed by atoms with Crippen molar-refractivity contribution >= 4 is 28.9 Å². The van der Waals surface area contributed by atoms with E-state index in [4.69, 9.17) is 0 Å². The van der Waals surface area contributed by atoms with E-state index in [1.807, 2.05) is 0 Å². The molecule has 0 aromatic rings. The molecule has 0 spiro atoms. The predicted molar refractivity (Wildman–Crippen MR) is 104 cm³/mol. The molecule has 0 rings (SSSR count). The number of rotatable bonds is 14. The van der Waals surface area contributed by atoms with Gasteiger partial charge in [0.2, 0.25) is 0 Å². The maximum Gasteiger partial charge on any atom is 0.305 e. The summed E-state index contributed by atoms with van der Waals surface area (Å²) in [5, 5.41) is -0.000668. The number of nitrogens with zero attached hydrogens (tertiary/aromatic N) is 2. The van der Waals surface area contributed by atoms with E-state index in [-0.39, 0.29) is 30.0 Å². The highest BCUT2D eigenvalue weighted by atomic mass is 32.2. The van der Waals surface area contributed by atoms with Gasteiger partial charge < -0.3 is 19.3 Å². The summed E-state index contributed by atoms with van der Waals surface area (Å²) in [5.74, 6) is 0.206. The van der Waals surface area contributed by atoms with Crippen molar-refractivity contribution < 1.29 is 23.9 Å². The van der Waals surface area contributed by atoms with Crippen molar-refractivity contribution in [3.8, 4) is 0 Å². The number of hydrogen-bond donors (Lipinski definition) is 0.